The van der Waals surface area contributed by atoms with Crippen LogP contribution < -0.4 is 0 Å². The summed E-state index contributed by atoms with van der Waals surface area (Å²) < 4.78 is 5.21. The average Bonchev–Trinajstić information content (AvgIpc) is 3.08. The molecule has 23 heavy (non-hydrogen) atoms. The highest BCUT2D eigenvalue weighted by atomic mass is 35.5. The number of likely N-dealkylation sites (tertiary alicyclic amines) is 1. The first-order valence-corrected chi connectivity index (χ1v) is 7.97. The lowest BCUT2D eigenvalue weighted by Crippen LogP contribution is -2.30. The van der Waals surface area contributed by atoms with E-state index < -0.39 is 6.10 Å². The predicted octanol–water partition coefficient (Wildman–Crippen LogP) is 2.62. The van der Waals surface area contributed by atoms with Gasteiger partial charge < -0.3 is 14.5 Å². The van der Waals surface area contributed by atoms with Crippen LogP contribution in [0, 0.1) is 19.8 Å². The summed E-state index contributed by atoms with van der Waals surface area (Å²) in [6.45, 7) is 4.55. The van der Waals surface area contributed by atoms with Crippen molar-refractivity contribution < 1.29 is 14.4 Å². The van der Waals surface area contributed by atoms with Gasteiger partial charge in [0.15, 0.2) is 0 Å². The largest absolute Gasteiger partial charge is 0.391 e. The molecule has 3 rings (SSSR count). The molecule has 1 saturated heterocycles. The molecule has 0 spiro atoms. The highest BCUT2D eigenvalue weighted by molar-refractivity contribution is 6.31. The SMILES string of the molecule is Cc1cc(CC2CN(C(=O)c3cc(Cl)ccc3C)CC2O)on1. The summed E-state index contributed by atoms with van der Waals surface area (Å²) in [5.41, 5.74) is 2.28. The van der Waals surface area contributed by atoms with Crippen molar-refractivity contribution in [1.29, 1.82) is 0 Å². The lowest BCUT2D eigenvalue weighted by atomic mass is 10.0. The summed E-state index contributed by atoms with van der Waals surface area (Å²) in [5, 5.41) is 14.7. The van der Waals surface area contributed by atoms with Crippen LogP contribution in [0.15, 0.2) is 28.8 Å². The van der Waals surface area contributed by atoms with Gasteiger partial charge in [0.25, 0.3) is 5.91 Å². The average molecular weight is 335 g/mol. The van der Waals surface area contributed by atoms with Gasteiger partial charge in [-0.2, -0.15) is 0 Å². The third-order valence-electron chi connectivity index (χ3n) is 4.26. The van der Waals surface area contributed by atoms with Gasteiger partial charge in [-0.05, 0) is 31.5 Å². The Morgan fingerprint density at radius 3 is 2.87 bits per heavy atom. The molecule has 122 valence electrons. The first-order valence-electron chi connectivity index (χ1n) is 7.59. The summed E-state index contributed by atoms with van der Waals surface area (Å²) in [6.07, 6.45) is 0.00387. The van der Waals surface area contributed by atoms with Crippen molar-refractivity contribution in [1.82, 2.24) is 10.1 Å². The zero-order chi connectivity index (χ0) is 16.6. The summed E-state index contributed by atoms with van der Waals surface area (Å²) in [6, 6.07) is 7.13. The van der Waals surface area contributed by atoms with E-state index in [9.17, 15) is 9.90 Å². The number of halogens is 1. The van der Waals surface area contributed by atoms with Gasteiger partial charge in [0.05, 0.1) is 11.8 Å². The van der Waals surface area contributed by atoms with Crippen molar-refractivity contribution in [3.05, 3.63) is 51.9 Å². The van der Waals surface area contributed by atoms with Crippen molar-refractivity contribution in [3.63, 3.8) is 0 Å². The van der Waals surface area contributed by atoms with E-state index in [0.29, 0.717) is 30.1 Å². The molecule has 5 nitrogen and oxygen atoms in total. The maximum atomic E-state index is 12.7. The lowest BCUT2D eigenvalue weighted by molar-refractivity contribution is 0.0764. The van der Waals surface area contributed by atoms with E-state index in [2.05, 4.69) is 5.16 Å². The monoisotopic (exact) mass is 334 g/mol. The number of benzene rings is 1. The Kier molecular flexibility index (Phi) is 4.41. The van der Waals surface area contributed by atoms with E-state index in [0.717, 1.165) is 17.0 Å². The van der Waals surface area contributed by atoms with Crippen LogP contribution in [-0.4, -0.2) is 40.3 Å². The molecule has 0 radical (unpaired) electrons. The van der Waals surface area contributed by atoms with Crippen molar-refractivity contribution in [2.45, 2.75) is 26.4 Å². The second-order valence-electron chi connectivity index (χ2n) is 6.14. The van der Waals surface area contributed by atoms with Crippen LogP contribution in [0.25, 0.3) is 0 Å². The van der Waals surface area contributed by atoms with Gasteiger partial charge in [-0.3, -0.25) is 4.79 Å². The van der Waals surface area contributed by atoms with E-state index in [1.165, 1.54) is 0 Å². The smallest absolute Gasteiger partial charge is 0.254 e. The number of aliphatic hydroxyl groups is 1. The number of aliphatic hydroxyl groups excluding tert-OH is 1. The van der Waals surface area contributed by atoms with Crippen molar-refractivity contribution in [3.8, 4) is 0 Å². The fourth-order valence-corrected chi connectivity index (χ4v) is 3.16. The number of carbonyl (C=O) groups is 1. The molecule has 1 N–H and O–H groups in total. The van der Waals surface area contributed by atoms with Crippen molar-refractivity contribution >= 4 is 17.5 Å². The van der Waals surface area contributed by atoms with Gasteiger partial charge in [0.1, 0.15) is 5.76 Å². The Bertz CT molecular complexity index is 728. The molecule has 1 amide bonds. The van der Waals surface area contributed by atoms with Crippen LogP contribution >= 0.6 is 11.6 Å². The molecule has 2 heterocycles. The number of β-amino-alcohol motifs (C(OH)–C–C–N with tert-alkyl or cyclic N) is 1. The lowest BCUT2D eigenvalue weighted by Gasteiger charge is -2.17. The van der Waals surface area contributed by atoms with Crippen LogP contribution in [0.3, 0.4) is 0 Å². The van der Waals surface area contributed by atoms with E-state index >= 15 is 0 Å². The highest BCUT2D eigenvalue weighted by Crippen LogP contribution is 2.25. The molecule has 6 heteroatoms. The van der Waals surface area contributed by atoms with E-state index in [1.54, 1.807) is 17.0 Å². The first-order chi connectivity index (χ1) is 10.9. The predicted molar refractivity (Wildman–Crippen MR) is 86.5 cm³/mol. The van der Waals surface area contributed by atoms with E-state index in [1.807, 2.05) is 26.0 Å². The van der Waals surface area contributed by atoms with Gasteiger partial charge in [-0.1, -0.05) is 22.8 Å². The van der Waals surface area contributed by atoms with E-state index in [4.69, 9.17) is 16.1 Å². The molecule has 1 aliphatic rings. The zero-order valence-electron chi connectivity index (χ0n) is 13.1. The van der Waals surface area contributed by atoms with Gasteiger partial charge in [0, 0.05) is 42.1 Å². The third-order valence-corrected chi connectivity index (χ3v) is 4.50. The topological polar surface area (TPSA) is 66.6 Å². The molecular weight excluding hydrogens is 316 g/mol. The molecule has 1 aromatic carbocycles. The number of aryl methyl sites for hydroxylation is 2. The van der Waals surface area contributed by atoms with Gasteiger partial charge in [-0.25, -0.2) is 0 Å². The van der Waals surface area contributed by atoms with Crippen LogP contribution in [-0.2, 0) is 6.42 Å². The maximum Gasteiger partial charge on any atom is 0.254 e. The molecule has 2 aromatic rings. The second-order valence-corrected chi connectivity index (χ2v) is 6.57. The summed E-state index contributed by atoms with van der Waals surface area (Å²) in [4.78, 5) is 14.4. The van der Waals surface area contributed by atoms with Crippen LogP contribution in [0.5, 0.6) is 0 Å². The summed E-state index contributed by atoms with van der Waals surface area (Å²) in [7, 11) is 0. The van der Waals surface area contributed by atoms with Crippen molar-refractivity contribution in [2.75, 3.05) is 13.1 Å². The molecule has 1 aliphatic heterocycles. The standard InChI is InChI=1S/C17H19ClN2O3/c1-10-3-4-13(18)7-15(10)17(22)20-8-12(16(21)9-20)6-14-5-11(2)19-23-14/h3-5,7,12,16,21H,6,8-9H2,1-2H3. The normalized spacial score (nSPS) is 21.0. The minimum atomic E-state index is -0.566. The third kappa shape index (κ3) is 3.41. The number of amides is 1. The number of carbonyl (C=O) groups excluding carboxylic acids is 1. The number of rotatable bonds is 3. The molecule has 0 saturated carbocycles. The first kappa shape index (κ1) is 16.0. The second kappa shape index (κ2) is 6.34. The Hall–Kier alpha value is -1.85. The maximum absolute atomic E-state index is 12.7. The Balaban J connectivity index is 1.72. The number of aromatic nitrogens is 1. The molecule has 2 unspecified atom stereocenters. The Labute approximate surface area is 139 Å². The Morgan fingerprint density at radius 2 is 2.17 bits per heavy atom. The Morgan fingerprint density at radius 1 is 1.39 bits per heavy atom. The van der Waals surface area contributed by atoms with Gasteiger partial charge in [0.2, 0.25) is 0 Å². The fraction of sp³-hybridized carbons (Fsp3) is 0.412. The number of hydrogen-bond acceptors (Lipinski definition) is 4. The highest BCUT2D eigenvalue weighted by Gasteiger charge is 2.35. The van der Waals surface area contributed by atoms with Gasteiger partial charge in [-0.15, -0.1) is 0 Å². The number of hydrogen-bond donors (Lipinski definition) is 1. The van der Waals surface area contributed by atoms with Crippen LogP contribution in [0.4, 0.5) is 0 Å². The summed E-state index contributed by atoms with van der Waals surface area (Å²) >= 11 is 6.00. The molecule has 1 fully saturated rings. The molecule has 2 atom stereocenters. The van der Waals surface area contributed by atoms with Crippen LogP contribution in [0.2, 0.25) is 5.02 Å². The summed E-state index contributed by atoms with van der Waals surface area (Å²) in [5.74, 6) is 0.589. The minimum absolute atomic E-state index is 0.0502. The fourth-order valence-electron chi connectivity index (χ4n) is 2.99. The molecule has 0 bridgehead atoms. The zero-order valence-corrected chi connectivity index (χ0v) is 13.9. The van der Waals surface area contributed by atoms with Crippen LogP contribution in [0.1, 0.15) is 27.4 Å². The molecule has 1 aromatic heterocycles. The minimum Gasteiger partial charge on any atom is -0.391 e. The number of nitrogens with zero attached hydrogens (tertiary/aromatic N) is 2. The molecule has 0 aliphatic carbocycles. The van der Waals surface area contributed by atoms with E-state index in [-0.39, 0.29) is 11.8 Å². The quantitative estimate of drug-likeness (QED) is 0.937. The van der Waals surface area contributed by atoms with Crippen molar-refractivity contribution in [2.24, 2.45) is 5.92 Å². The molecular formula is C17H19ClN2O3. The van der Waals surface area contributed by atoms with Gasteiger partial charge >= 0.3 is 0 Å².